The highest BCUT2D eigenvalue weighted by molar-refractivity contribution is 7.25. The van der Waals surface area contributed by atoms with Crippen molar-refractivity contribution in [2.45, 2.75) is 0 Å². The van der Waals surface area contributed by atoms with Crippen LogP contribution in [0.3, 0.4) is 0 Å². The van der Waals surface area contributed by atoms with Crippen LogP contribution in [0.25, 0.3) is 108 Å². The Balaban J connectivity index is 1.28. The fraction of sp³-hybridized carbons (Fsp3) is 0. The quantitative estimate of drug-likeness (QED) is 0.179. The van der Waals surface area contributed by atoms with Crippen molar-refractivity contribution >= 4 is 86.0 Å². The largest absolute Gasteiger partial charge is 0.456 e. The number of benzene rings is 8. The van der Waals surface area contributed by atoms with E-state index in [0.29, 0.717) is 0 Å². The standard InChI is InChI=1S/C46H26O2S/c1-2-12-27(13-3-1)46-45(37-26-39-35(25-40(37)48-46)29-14-8-10-20-38(29)47-39)44-33-18-6-4-16-31(33)43(32-17-5-7-19-34(32)44)28-22-23-42-36(24-28)30-15-9-11-21-41(30)49-42/h1-26H. The molecule has 0 aliphatic rings. The highest BCUT2D eigenvalue weighted by atomic mass is 32.1. The summed E-state index contributed by atoms with van der Waals surface area (Å²) in [4.78, 5) is 0. The zero-order valence-corrected chi connectivity index (χ0v) is 27.1. The van der Waals surface area contributed by atoms with Crippen molar-refractivity contribution in [3.63, 3.8) is 0 Å². The van der Waals surface area contributed by atoms with Crippen LogP contribution in [0.1, 0.15) is 0 Å². The predicted octanol–water partition coefficient (Wildman–Crippen LogP) is 14.0. The topological polar surface area (TPSA) is 26.3 Å². The lowest BCUT2D eigenvalue weighted by atomic mass is 9.84. The zero-order valence-electron chi connectivity index (χ0n) is 26.2. The van der Waals surface area contributed by atoms with Gasteiger partial charge in [0.1, 0.15) is 22.5 Å². The summed E-state index contributed by atoms with van der Waals surface area (Å²) in [5.74, 6) is 0.863. The molecule has 3 heteroatoms. The highest BCUT2D eigenvalue weighted by Crippen LogP contribution is 2.51. The predicted molar refractivity (Wildman–Crippen MR) is 208 cm³/mol. The SMILES string of the molecule is c1ccc(-c2oc3cc4c(cc3c2-c2c3ccccc3c(-c3ccc5sc6ccccc6c5c3)c3ccccc23)oc2ccccc24)cc1. The Bertz CT molecular complexity index is 3050. The number of para-hydroxylation sites is 1. The summed E-state index contributed by atoms with van der Waals surface area (Å²) in [6, 6.07) is 56.5. The minimum atomic E-state index is 0.847. The molecule has 0 aliphatic heterocycles. The van der Waals surface area contributed by atoms with Gasteiger partial charge in [-0.15, -0.1) is 11.3 Å². The summed E-state index contributed by atoms with van der Waals surface area (Å²) in [5.41, 5.74) is 8.36. The van der Waals surface area contributed by atoms with Crippen molar-refractivity contribution in [2.24, 2.45) is 0 Å². The first-order chi connectivity index (χ1) is 24.3. The van der Waals surface area contributed by atoms with Crippen molar-refractivity contribution in [3.8, 4) is 33.6 Å². The molecule has 0 spiro atoms. The number of rotatable bonds is 3. The first kappa shape index (κ1) is 26.9. The number of thiophene rings is 1. The van der Waals surface area contributed by atoms with E-state index in [1.165, 1.54) is 58.4 Å². The van der Waals surface area contributed by atoms with Crippen molar-refractivity contribution in [3.05, 3.63) is 158 Å². The maximum Gasteiger partial charge on any atom is 0.143 e. The van der Waals surface area contributed by atoms with Crippen LogP contribution in [0.4, 0.5) is 0 Å². The van der Waals surface area contributed by atoms with E-state index in [4.69, 9.17) is 8.83 Å². The van der Waals surface area contributed by atoms with Gasteiger partial charge >= 0.3 is 0 Å². The second-order valence-electron chi connectivity index (χ2n) is 12.8. The van der Waals surface area contributed by atoms with Crippen LogP contribution in [0.2, 0.25) is 0 Å². The second-order valence-corrected chi connectivity index (χ2v) is 13.8. The molecule has 3 heterocycles. The Morgan fingerprint density at radius 2 is 0.878 bits per heavy atom. The van der Waals surface area contributed by atoms with E-state index in [1.54, 1.807) is 0 Å². The lowest BCUT2D eigenvalue weighted by Gasteiger charge is -2.18. The van der Waals surface area contributed by atoms with Crippen LogP contribution < -0.4 is 0 Å². The van der Waals surface area contributed by atoms with Gasteiger partial charge in [-0.3, -0.25) is 0 Å². The van der Waals surface area contributed by atoms with E-state index in [1.807, 2.05) is 23.5 Å². The minimum Gasteiger partial charge on any atom is -0.456 e. The fourth-order valence-electron chi connectivity index (χ4n) is 7.95. The van der Waals surface area contributed by atoms with Gasteiger partial charge in [0, 0.05) is 53.0 Å². The summed E-state index contributed by atoms with van der Waals surface area (Å²) in [6.07, 6.45) is 0. The Morgan fingerprint density at radius 3 is 1.63 bits per heavy atom. The molecule has 2 nitrogen and oxygen atoms in total. The molecule has 0 aliphatic carbocycles. The molecule has 0 saturated carbocycles. The maximum atomic E-state index is 6.92. The lowest BCUT2D eigenvalue weighted by Crippen LogP contribution is -1.91. The Kier molecular flexibility index (Phi) is 5.57. The maximum absolute atomic E-state index is 6.92. The van der Waals surface area contributed by atoms with Crippen molar-refractivity contribution in [1.82, 2.24) is 0 Å². The average Bonchev–Trinajstić information content (AvgIpc) is 3.84. The summed E-state index contributed by atoms with van der Waals surface area (Å²) in [6.45, 7) is 0. The molecule has 49 heavy (non-hydrogen) atoms. The molecule has 228 valence electrons. The summed E-state index contributed by atoms with van der Waals surface area (Å²) < 4.78 is 16.0. The van der Waals surface area contributed by atoms with E-state index in [-0.39, 0.29) is 0 Å². The first-order valence-corrected chi connectivity index (χ1v) is 17.4. The first-order valence-electron chi connectivity index (χ1n) is 16.6. The summed E-state index contributed by atoms with van der Waals surface area (Å²) in [7, 11) is 0. The number of hydrogen-bond donors (Lipinski definition) is 0. The number of hydrogen-bond acceptors (Lipinski definition) is 3. The molecule has 11 aromatic rings. The van der Waals surface area contributed by atoms with Crippen molar-refractivity contribution < 1.29 is 8.83 Å². The van der Waals surface area contributed by atoms with Gasteiger partial charge in [0.15, 0.2) is 0 Å². The van der Waals surface area contributed by atoms with E-state index in [0.717, 1.165) is 49.8 Å². The fourth-order valence-corrected chi connectivity index (χ4v) is 9.03. The van der Waals surface area contributed by atoms with Gasteiger partial charge in [-0.2, -0.15) is 0 Å². The molecule has 0 atom stereocenters. The molecular formula is C46H26O2S. The van der Waals surface area contributed by atoms with E-state index < -0.39 is 0 Å². The van der Waals surface area contributed by atoms with Gasteiger partial charge in [-0.1, -0.05) is 121 Å². The molecule has 0 amide bonds. The Labute approximate surface area is 285 Å². The second kappa shape index (κ2) is 10.2. The minimum absolute atomic E-state index is 0.847. The molecule has 0 fully saturated rings. The monoisotopic (exact) mass is 642 g/mol. The van der Waals surface area contributed by atoms with Crippen molar-refractivity contribution in [2.75, 3.05) is 0 Å². The van der Waals surface area contributed by atoms with Gasteiger partial charge in [0.05, 0.1) is 0 Å². The third-order valence-electron chi connectivity index (χ3n) is 10.1. The number of furan rings is 2. The van der Waals surface area contributed by atoms with Crippen LogP contribution in [0.15, 0.2) is 167 Å². The molecule has 0 N–H and O–H groups in total. The Hall–Kier alpha value is -6.16. The summed E-state index contributed by atoms with van der Waals surface area (Å²) >= 11 is 1.86. The molecule has 0 bridgehead atoms. The van der Waals surface area contributed by atoms with Gasteiger partial charge in [-0.05, 0) is 69.1 Å². The third-order valence-corrected chi connectivity index (χ3v) is 11.2. The highest BCUT2D eigenvalue weighted by Gasteiger charge is 2.25. The van der Waals surface area contributed by atoms with Crippen LogP contribution in [0, 0.1) is 0 Å². The van der Waals surface area contributed by atoms with Crippen LogP contribution >= 0.6 is 11.3 Å². The molecule has 0 radical (unpaired) electrons. The summed E-state index contributed by atoms with van der Waals surface area (Å²) in [5, 5.41) is 10.6. The van der Waals surface area contributed by atoms with E-state index in [2.05, 4.69) is 146 Å². The molecule has 11 rings (SSSR count). The van der Waals surface area contributed by atoms with Gasteiger partial charge in [0.2, 0.25) is 0 Å². The Morgan fingerprint density at radius 1 is 0.306 bits per heavy atom. The van der Waals surface area contributed by atoms with Crippen LogP contribution in [-0.2, 0) is 0 Å². The molecule has 0 unspecified atom stereocenters. The average molecular weight is 643 g/mol. The van der Waals surface area contributed by atoms with Crippen LogP contribution in [0.5, 0.6) is 0 Å². The van der Waals surface area contributed by atoms with E-state index in [9.17, 15) is 0 Å². The smallest absolute Gasteiger partial charge is 0.143 e. The van der Waals surface area contributed by atoms with Crippen molar-refractivity contribution in [1.29, 1.82) is 0 Å². The lowest BCUT2D eigenvalue weighted by molar-refractivity contribution is 0.632. The molecule has 0 saturated heterocycles. The molecular weight excluding hydrogens is 617 g/mol. The van der Waals surface area contributed by atoms with E-state index >= 15 is 0 Å². The van der Waals surface area contributed by atoms with Gasteiger partial charge < -0.3 is 8.83 Å². The van der Waals surface area contributed by atoms with Gasteiger partial charge in [0.25, 0.3) is 0 Å². The third kappa shape index (κ3) is 3.88. The van der Waals surface area contributed by atoms with Crippen LogP contribution in [-0.4, -0.2) is 0 Å². The molecule has 3 aromatic heterocycles. The zero-order chi connectivity index (χ0) is 32.1. The van der Waals surface area contributed by atoms with Gasteiger partial charge in [-0.25, -0.2) is 0 Å². The molecule has 8 aromatic carbocycles. The number of fused-ring (bicyclic) bond motifs is 9. The normalized spacial score (nSPS) is 12.1.